The molecule has 0 aliphatic heterocycles. The van der Waals surface area contributed by atoms with Crippen LogP contribution in [0.2, 0.25) is 0 Å². The molecule has 2 aromatic rings. The summed E-state index contributed by atoms with van der Waals surface area (Å²) in [4.78, 5) is 0. The standard InChI is InChI=1S/C9H15N7S/c1-2-15-6-8(5-11-15)7-17-9-12-13-14-16(9)4-3-10/h5-6H,2-4,7,10H2,1H3. The van der Waals surface area contributed by atoms with Gasteiger partial charge in [0, 0.05) is 30.6 Å². The fourth-order valence-corrected chi connectivity index (χ4v) is 2.18. The van der Waals surface area contributed by atoms with Gasteiger partial charge in [-0.1, -0.05) is 11.8 Å². The number of nitrogens with two attached hydrogens (primary N) is 1. The highest BCUT2D eigenvalue weighted by Gasteiger charge is 2.07. The van der Waals surface area contributed by atoms with E-state index in [9.17, 15) is 0 Å². The number of tetrazole rings is 1. The Balaban J connectivity index is 1.94. The monoisotopic (exact) mass is 253 g/mol. The Morgan fingerprint density at radius 2 is 2.35 bits per heavy atom. The van der Waals surface area contributed by atoms with E-state index in [0.717, 1.165) is 17.5 Å². The molecule has 0 aliphatic rings. The van der Waals surface area contributed by atoms with E-state index in [1.165, 1.54) is 5.56 Å². The maximum absolute atomic E-state index is 5.48. The zero-order valence-corrected chi connectivity index (χ0v) is 10.5. The van der Waals surface area contributed by atoms with Gasteiger partial charge in [-0.15, -0.1) is 5.10 Å². The van der Waals surface area contributed by atoms with Crippen molar-refractivity contribution in [1.29, 1.82) is 0 Å². The molecular weight excluding hydrogens is 238 g/mol. The maximum atomic E-state index is 5.48. The average molecular weight is 253 g/mol. The van der Waals surface area contributed by atoms with Crippen molar-refractivity contribution in [1.82, 2.24) is 30.0 Å². The average Bonchev–Trinajstić information content (AvgIpc) is 2.95. The van der Waals surface area contributed by atoms with E-state index in [-0.39, 0.29) is 0 Å². The van der Waals surface area contributed by atoms with Gasteiger partial charge in [-0.05, 0) is 17.4 Å². The molecule has 0 unspecified atom stereocenters. The van der Waals surface area contributed by atoms with Crippen LogP contribution >= 0.6 is 11.8 Å². The van der Waals surface area contributed by atoms with E-state index in [1.54, 1.807) is 16.4 Å². The zero-order valence-electron chi connectivity index (χ0n) is 9.65. The summed E-state index contributed by atoms with van der Waals surface area (Å²) in [6.45, 7) is 4.12. The predicted molar refractivity (Wildman–Crippen MR) is 64.3 cm³/mol. The second-order valence-electron chi connectivity index (χ2n) is 3.47. The third-order valence-electron chi connectivity index (χ3n) is 2.22. The molecular formula is C9H15N7S. The molecule has 2 heterocycles. The van der Waals surface area contributed by atoms with Crippen molar-refractivity contribution >= 4 is 11.8 Å². The van der Waals surface area contributed by atoms with Crippen molar-refractivity contribution in [3.8, 4) is 0 Å². The van der Waals surface area contributed by atoms with E-state index in [4.69, 9.17) is 5.73 Å². The quantitative estimate of drug-likeness (QED) is 0.737. The molecule has 0 aromatic carbocycles. The lowest BCUT2D eigenvalue weighted by Gasteiger charge is -2.00. The Bertz CT molecular complexity index is 463. The van der Waals surface area contributed by atoms with Crippen molar-refractivity contribution in [2.75, 3.05) is 6.54 Å². The predicted octanol–water partition coefficient (Wildman–Crippen LogP) is 0.140. The normalized spacial score (nSPS) is 10.9. The minimum Gasteiger partial charge on any atom is -0.329 e. The van der Waals surface area contributed by atoms with E-state index in [0.29, 0.717) is 13.1 Å². The Kier molecular flexibility index (Phi) is 4.10. The lowest BCUT2D eigenvalue weighted by atomic mass is 10.4. The summed E-state index contributed by atoms with van der Waals surface area (Å²) in [7, 11) is 0. The van der Waals surface area contributed by atoms with Crippen LogP contribution in [0.5, 0.6) is 0 Å². The molecule has 92 valence electrons. The summed E-state index contributed by atoms with van der Waals surface area (Å²) in [6, 6.07) is 0. The number of thioether (sulfide) groups is 1. The Morgan fingerprint density at radius 1 is 1.47 bits per heavy atom. The summed E-state index contributed by atoms with van der Waals surface area (Å²) < 4.78 is 3.62. The van der Waals surface area contributed by atoms with Crippen LogP contribution in [0.1, 0.15) is 12.5 Å². The molecule has 8 heteroatoms. The summed E-state index contributed by atoms with van der Waals surface area (Å²) >= 11 is 1.59. The molecule has 0 bridgehead atoms. The number of aryl methyl sites for hydroxylation is 1. The molecule has 0 saturated carbocycles. The smallest absolute Gasteiger partial charge is 0.209 e. The van der Waals surface area contributed by atoms with Gasteiger partial charge < -0.3 is 5.73 Å². The second kappa shape index (κ2) is 5.78. The van der Waals surface area contributed by atoms with Crippen LogP contribution in [0.4, 0.5) is 0 Å². The summed E-state index contributed by atoms with van der Waals surface area (Å²) in [5.41, 5.74) is 6.64. The van der Waals surface area contributed by atoms with Crippen molar-refractivity contribution < 1.29 is 0 Å². The number of hydrogen-bond acceptors (Lipinski definition) is 6. The summed E-state index contributed by atoms with van der Waals surface area (Å²) in [5, 5.41) is 16.5. The highest BCUT2D eigenvalue weighted by Crippen LogP contribution is 2.19. The number of hydrogen-bond donors (Lipinski definition) is 1. The summed E-state index contributed by atoms with van der Waals surface area (Å²) in [5.74, 6) is 0.810. The number of aromatic nitrogens is 6. The van der Waals surface area contributed by atoms with E-state index >= 15 is 0 Å². The van der Waals surface area contributed by atoms with Gasteiger partial charge in [0.05, 0.1) is 12.7 Å². The molecule has 2 aromatic heterocycles. The van der Waals surface area contributed by atoms with Crippen LogP contribution in [-0.2, 0) is 18.8 Å². The molecule has 0 spiro atoms. The molecule has 2 N–H and O–H groups in total. The molecule has 0 atom stereocenters. The van der Waals surface area contributed by atoms with Gasteiger partial charge >= 0.3 is 0 Å². The van der Waals surface area contributed by atoms with Gasteiger partial charge in [0.15, 0.2) is 0 Å². The molecule has 2 rings (SSSR count). The third-order valence-corrected chi connectivity index (χ3v) is 3.25. The largest absolute Gasteiger partial charge is 0.329 e. The van der Waals surface area contributed by atoms with Gasteiger partial charge in [-0.3, -0.25) is 4.68 Å². The number of nitrogens with zero attached hydrogens (tertiary/aromatic N) is 6. The lowest BCUT2D eigenvalue weighted by Crippen LogP contribution is -2.12. The lowest BCUT2D eigenvalue weighted by molar-refractivity contribution is 0.557. The minimum atomic E-state index is 0.534. The molecule has 0 fully saturated rings. The molecule has 17 heavy (non-hydrogen) atoms. The van der Waals surface area contributed by atoms with E-state index in [2.05, 4.69) is 27.5 Å². The van der Waals surface area contributed by atoms with Crippen molar-refractivity contribution in [2.45, 2.75) is 30.9 Å². The first-order valence-electron chi connectivity index (χ1n) is 5.44. The van der Waals surface area contributed by atoms with Crippen molar-refractivity contribution in [3.63, 3.8) is 0 Å². The van der Waals surface area contributed by atoms with Gasteiger partial charge in [0.2, 0.25) is 5.16 Å². The van der Waals surface area contributed by atoms with Gasteiger partial charge in [-0.25, -0.2) is 4.68 Å². The Hall–Kier alpha value is -1.41. The van der Waals surface area contributed by atoms with E-state index < -0.39 is 0 Å². The fraction of sp³-hybridized carbons (Fsp3) is 0.556. The molecule has 0 amide bonds. The fourth-order valence-electron chi connectivity index (χ4n) is 1.36. The molecule has 7 nitrogen and oxygen atoms in total. The van der Waals surface area contributed by atoms with Gasteiger partial charge in [-0.2, -0.15) is 5.10 Å². The van der Waals surface area contributed by atoms with Crippen molar-refractivity contribution in [3.05, 3.63) is 18.0 Å². The first-order chi connectivity index (χ1) is 8.33. The first-order valence-corrected chi connectivity index (χ1v) is 6.42. The topological polar surface area (TPSA) is 87.4 Å². The number of rotatable bonds is 6. The molecule has 0 radical (unpaired) electrons. The SMILES string of the molecule is CCn1cc(CSc2nnnn2CCN)cn1. The molecule has 0 aliphatic carbocycles. The van der Waals surface area contributed by atoms with Gasteiger partial charge in [0.1, 0.15) is 0 Å². The molecule has 0 saturated heterocycles. The van der Waals surface area contributed by atoms with Crippen molar-refractivity contribution in [2.24, 2.45) is 5.73 Å². The van der Waals surface area contributed by atoms with Crippen LogP contribution < -0.4 is 5.73 Å². The zero-order chi connectivity index (χ0) is 12.1. The second-order valence-corrected chi connectivity index (χ2v) is 4.41. The third kappa shape index (κ3) is 3.04. The van der Waals surface area contributed by atoms with Crippen LogP contribution in [0.3, 0.4) is 0 Å². The van der Waals surface area contributed by atoms with Crippen LogP contribution in [-0.4, -0.2) is 36.5 Å². The highest BCUT2D eigenvalue weighted by molar-refractivity contribution is 7.98. The van der Waals surface area contributed by atoms with Crippen LogP contribution in [0.15, 0.2) is 17.6 Å². The Labute approximate surface area is 103 Å². The van der Waals surface area contributed by atoms with E-state index in [1.807, 2.05) is 17.1 Å². The first kappa shape index (κ1) is 12.1. The van der Waals surface area contributed by atoms with Crippen LogP contribution in [0.25, 0.3) is 0 Å². The highest BCUT2D eigenvalue weighted by atomic mass is 32.2. The van der Waals surface area contributed by atoms with Gasteiger partial charge in [0.25, 0.3) is 0 Å². The minimum absolute atomic E-state index is 0.534. The maximum Gasteiger partial charge on any atom is 0.209 e. The Morgan fingerprint density at radius 3 is 3.06 bits per heavy atom. The summed E-state index contributed by atoms with van der Waals surface area (Å²) in [6.07, 6.45) is 3.90. The van der Waals surface area contributed by atoms with Crippen LogP contribution in [0, 0.1) is 0 Å².